The van der Waals surface area contributed by atoms with E-state index < -0.39 is 41.1 Å². The molecule has 0 aliphatic heterocycles. The summed E-state index contributed by atoms with van der Waals surface area (Å²) in [6.45, 7) is 3.22. The van der Waals surface area contributed by atoms with Crippen molar-refractivity contribution < 1.29 is 46.5 Å². The summed E-state index contributed by atoms with van der Waals surface area (Å²) < 4.78 is 68.3. The minimum Gasteiger partial charge on any atom is -0.496 e. The van der Waals surface area contributed by atoms with E-state index in [1.54, 1.807) is 19.9 Å². The molecule has 0 aromatic heterocycles. The third-order valence-electron chi connectivity index (χ3n) is 4.78. The van der Waals surface area contributed by atoms with Crippen LogP contribution in [0.1, 0.15) is 40.9 Å². The maximum Gasteiger partial charge on any atom is 0.416 e. The number of nitrogens with one attached hydrogen (secondary N) is 1. The van der Waals surface area contributed by atoms with Crippen LogP contribution in [0.15, 0.2) is 30.3 Å². The van der Waals surface area contributed by atoms with Crippen molar-refractivity contribution in [3.05, 3.63) is 58.4 Å². The van der Waals surface area contributed by atoms with E-state index >= 15 is 0 Å². The summed E-state index contributed by atoms with van der Waals surface area (Å²) in [5.41, 5.74) is -0.898. The van der Waals surface area contributed by atoms with E-state index in [1.165, 1.54) is 20.3 Å². The van der Waals surface area contributed by atoms with E-state index in [0.717, 1.165) is 6.07 Å². The molecule has 0 saturated carbocycles. The highest BCUT2D eigenvalue weighted by molar-refractivity contribution is 5.94. The normalized spacial score (nSPS) is 12.4. The number of amides is 1. The van der Waals surface area contributed by atoms with Crippen LogP contribution >= 0.6 is 0 Å². The number of aliphatic carboxylic acids is 1. The number of carboxylic acids is 1. The third kappa shape index (κ3) is 6.83. The van der Waals surface area contributed by atoms with E-state index in [4.69, 9.17) is 14.2 Å². The summed E-state index contributed by atoms with van der Waals surface area (Å²) in [5.74, 6) is -2.79. The van der Waals surface area contributed by atoms with Gasteiger partial charge in [-0.25, -0.2) is 9.18 Å². The van der Waals surface area contributed by atoms with Crippen molar-refractivity contribution >= 4 is 11.9 Å². The Hall–Kier alpha value is -3.34. The van der Waals surface area contributed by atoms with Gasteiger partial charge >= 0.3 is 12.1 Å². The van der Waals surface area contributed by atoms with Gasteiger partial charge < -0.3 is 24.6 Å². The standard InChI is InChI=1S/C23H25F4NO6/c1-12(2)34-20(22(30)31)8-13-7-14(19(33-4)10-18(13)32-3)11-28-21(29)16-6-5-15(9-17(16)24)23(25,26)27/h5-7,9-10,12,20H,8,11H2,1-4H3,(H,28,29)(H,30,31). The van der Waals surface area contributed by atoms with Gasteiger partial charge in [-0.3, -0.25) is 4.79 Å². The van der Waals surface area contributed by atoms with Crippen LogP contribution in [0.3, 0.4) is 0 Å². The van der Waals surface area contributed by atoms with Crippen molar-refractivity contribution in [2.45, 2.75) is 45.2 Å². The Kier molecular flexibility index (Phi) is 8.86. The molecule has 0 bridgehead atoms. The molecular formula is C23H25F4NO6. The van der Waals surface area contributed by atoms with Crippen molar-refractivity contribution in [3.8, 4) is 11.5 Å². The van der Waals surface area contributed by atoms with Gasteiger partial charge in [0.05, 0.1) is 31.5 Å². The van der Waals surface area contributed by atoms with Gasteiger partial charge in [0.1, 0.15) is 17.3 Å². The van der Waals surface area contributed by atoms with Crippen molar-refractivity contribution in [2.75, 3.05) is 14.2 Å². The number of hydrogen-bond acceptors (Lipinski definition) is 5. The quantitative estimate of drug-likeness (QED) is 0.488. The van der Waals surface area contributed by atoms with Gasteiger partial charge in [-0.2, -0.15) is 13.2 Å². The molecule has 0 heterocycles. The molecule has 0 fully saturated rings. The van der Waals surface area contributed by atoms with Gasteiger partial charge in [0.2, 0.25) is 0 Å². The Bertz CT molecular complexity index is 1040. The molecule has 1 atom stereocenters. The minimum absolute atomic E-state index is 0.0465. The Morgan fingerprint density at radius 3 is 2.15 bits per heavy atom. The molecule has 0 aliphatic carbocycles. The SMILES string of the molecule is COc1cc(OC)c(CC(OC(C)C)C(=O)O)cc1CNC(=O)c1ccc(C(F)(F)F)cc1F. The molecule has 0 aliphatic rings. The summed E-state index contributed by atoms with van der Waals surface area (Å²) >= 11 is 0. The van der Waals surface area contributed by atoms with Crippen molar-refractivity contribution in [3.63, 3.8) is 0 Å². The lowest BCUT2D eigenvalue weighted by Crippen LogP contribution is -2.29. The Balaban J connectivity index is 2.28. The summed E-state index contributed by atoms with van der Waals surface area (Å²) in [7, 11) is 2.77. The van der Waals surface area contributed by atoms with E-state index in [2.05, 4.69) is 5.32 Å². The maximum absolute atomic E-state index is 14.1. The lowest BCUT2D eigenvalue weighted by atomic mass is 10.0. The molecule has 0 spiro atoms. The van der Waals surface area contributed by atoms with Crippen LogP contribution in [0.4, 0.5) is 17.6 Å². The molecule has 1 unspecified atom stereocenters. The second-order valence-corrected chi connectivity index (χ2v) is 7.57. The second kappa shape index (κ2) is 11.2. The molecule has 1 amide bonds. The second-order valence-electron chi connectivity index (χ2n) is 7.57. The number of carbonyl (C=O) groups excluding carboxylic acids is 1. The van der Waals surface area contributed by atoms with Crippen LogP contribution in [0.5, 0.6) is 11.5 Å². The fourth-order valence-electron chi connectivity index (χ4n) is 3.20. The van der Waals surface area contributed by atoms with Crippen molar-refractivity contribution in [1.29, 1.82) is 0 Å². The van der Waals surface area contributed by atoms with Gasteiger partial charge in [0, 0.05) is 24.6 Å². The molecule has 2 aromatic rings. The van der Waals surface area contributed by atoms with Crippen LogP contribution < -0.4 is 14.8 Å². The lowest BCUT2D eigenvalue weighted by Gasteiger charge is -2.20. The Morgan fingerprint density at radius 1 is 1.03 bits per heavy atom. The number of carbonyl (C=O) groups is 2. The van der Waals surface area contributed by atoms with Gasteiger partial charge in [-0.15, -0.1) is 0 Å². The highest BCUT2D eigenvalue weighted by atomic mass is 19.4. The predicted molar refractivity (Wildman–Crippen MR) is 113 cm³/mol. The molecule has 2 aromatic carbocycles. The van der Waals surface area contributed by atoms with Gasteiger partial charge in [-0.05, 0) is 43.7 Å². The first-order valence-corrected chi connectivity index (χ1v) is 10.1. The zero-order chi connectivity index (χ0) is 25.6. The number of halogens is 4. The first-order chi connectivity index (χ1) is 15.9. The van der Waals surface area contributed by atoms with E-state index in [9.17, 15) is 32.3 Å². The van der Waals surface area contributed by atoms with Gasteiger partial charge in [0.15, 0.2) is 6.10 Å². The van der Waals surface area contributed by atoms with E-state index in [0.29, 0.717) is 28.7 Å². The topological polar surface area (TPSA) is 94.1 Å². The Morgan fingerprint density at radius 2 is 1.65 bits per heavy atom. The Labute approximate surface area is 193 Å². The molecule has 0 saturated heterocycles. The largest absolute Gasteiger partial charge is 0.496 e. The van der Waals surface area contributed by atoms with Crippen LogP contribution in [0.2, 0.25) is 0 Å². The predicted octanol–water partition coefficient (Wildman–Crippen LogP) is 4.21. The molecule has 186 valence electrons. The molecule has 34 heavy (non-hydrogen) atoms. The first-order valence-electron chi connectivity index (χ1n) is 10.1. The summed E-state index contributed by atoms with van der Waals surface area (Å²) in [5, 5.41) is 11.9. The summed E-state index contributed by atoms with van der Waals surface area (Å²) in [4.78, 5) is 24.0. The van der Waals surface area contributed by atoms with Gasteiger partial charge in [0.25, 0.3) is 5.91 Å². The maximum atomic E-state index is 14.1. The number of rotatable bonds is 10. The first kappa shape index (κ1) is 26.9. The number of benzene rings is 2. The average Bonchev–Trinajstić information content (AvgIpc) is 2.75. The highest BCUT2D eigenvalue weighted by Gasteiger charge is 2.31. The van der Waals surface area contributed by atoms with Gasteiger partial charge in [-0.1, -0.05) is 0 Å². The van der Waals surface area contributed by atoms with Crippen LogP contribution in [-0.2, 0) is 28.7 Å². The van der Waals surface area contributed by atoms with Crippen molar-refractivity contribution in [2.24, 2.45) is 0 Å². The van der Waals surface area contributed by atoms with E-state index in [1.807, 2.05) is 0 Å². The summed E-state index contributed by atoms with van der Waals surface area (Å²) in [6, 6.07) is 4.68. The number of ether oxygens (including phenoxy) is 3. The number of carboxylic acid groups (broad SMARTS) is 1. The fraction of sp³-hybridized carbons (Fsp3) is 0.391. The molecule has 7 nitrogen and oxygen atoms in total. The zero-order valence-corrected chi connectivity index (χ0v) is 19.0. The minimum atomic E-state index is -4.74. The molecular weight excluding hydrogens is 462 g/mol. The zero-order valence-electron chi connectivity index (χ0n) is 19.0. The lowest BCUT2D eigenvalue weighted by molar-refractivity contribution is -0.153. The highest BCUT2D eigenvalue weighted by Crippen LogP contribution is 2.32. The number of alkyl halides is 3. The molecule has 11 heteroatoms. The van der Waals surface area contributed by atoms with E-state index in [-0.39, 0.29) is 25.1 Å². The van der Waals surface area contributed by atoms with Crippen LogP contribution in [0, 0.1) is 5.82 Å². The van der Waals surface area contributed by atoms with Crippen LogP contribution in [0.25, 0.3) is 0 Å². The number of methoxy groups -OCH3 is 2. The third-order valence-corrected chi connectivity index (χ3v) is 4.78. The smallest absolute Gasteiger partial charge is 0.416 e. The fourth-order valence-corrected chi connectivity index (χ4v) is 3.20. The van der Waals surface area contributed by atoms with Crippen molar-refractivity contribution in [1.82, 2.24) is 5.32 Å². The average molecular weight is 487 g/mol. The monoisotopic (exact) mass is 487 g/mol. The van der Waals surface area contributed by atoms with Crippen LogP contribution in [-0.4, -0.2) is 43.4 Å². The molecule has 2 N–H and O–H groups in total. The molecule has 0 radical (unpaired) electrons. The molecule has 2 rings (SSSR count). The number of hydrogen-bond donors (Lipinski definition) is 2. The summed E-state index contributed by atoms with van der Waals surface area (Å²) in [6.07, 6.45) is -6.29.